The minimum atomic E-state index is -0.199. The molecule has 1 aliphatic rings. The molecule has 2 heterocycles. The number of carbonyl (C=O) groups excluding carboxylic acids is 1. The molecule has 0 saturated heterocycles. The van der Waals surface area contributed by atoms with Gasteiger partial charge in [-0.05, 0) is 47.5 Å². The van der Waals surface area contributed by atoms with E-state index >= 15 is 0 Å². The van der Waals surface area contributed by atoms with Crippen molar-refractivity contribution in [2.24, 2.45) is 5.10 Å². The minimum Gasteiger partial charge on any atom is -0.497 e. The highest BCUT2D eigenvalue weighted by Gasteiger charge is 2.33. The van der Waals surface area contributed by atoms with Gasteiger partial charge in [0.2, 0.25) is 5.13 Å². The van der Waals surface area contributed by atoms with Crippen LogP contribution in [0.1, 0.15) is 23.6 Å². The van der Waals surface area contributed by atoms with Crippen molar-refractivity contribution in [1.29, 1.82) is 0 Å². The molecule has 0 aliphatic carbocycles. The molecule has 0 radical (unpaired) electrons. The standard InChI is InChI=1S/C21H21N5O3S2/c1-28-15-7-3-13(4-8-15)17-11-18(14-5-9-16(29-2)10-6-14)26(25-17)19(27)12-30-21-24-23-20(22)31-21/h3-10,18H,11-12H2,1-2H3,(H2,22,23). The SMILES string of the molecule is COc1ccc(C2=NN(C(=O)CSc3nnc(N)s3)C(c3ccc(OC)cc3)C2)cc1. The van der Waals surface area contributed by atoms with Gasteiger partial charge in [0.1, 0.15) is 11.5 Å². The van der Waals surface area contributed by atoms with Gasteiger partial charge in [-0.15, -0.1) is 10.2 Å². The van der Waals surface area contributed by atoms with Gasteiger partial charge in [-0.3, -0.25) is 4.79 Å². The number of nitrogens with zero attached hydrogens (tertiary/aromatic N) is 4. The minimum absolute atomic E-state index is 0.108. The second kappa shape index (κ2) is 9.36. The first-order valence-electron chi connectivity index (χ1n) is 9.47. The molecule has 8 nitrogen and oxygen atoms in total. The Kier molecular flexibility index (Phi) is 6.38. The van der Waals surface area contributed by atoms with Crippen LogP contribution in [0.2, 0.25) is 0 Å². The summed E-state index contributed by atoms with van der Waals surface area (Å²) in [5, 5.41) is 14.4. The fourth-order valence-electron chi connectivity index (χ4n) is 3.25. The number of nitrogen functional groups attached to an aromatic ring is 1. The number of hydrogen-bond acceptors (Lipinski definition) is 9. The molecular weight excluding hydrogens is 434 g/mol. The summed E-state index contributed by atoms with van der Waals surface area (Å²) < 4.78 is 11.2. The van der Waals surface area contributed by atoms with Gasteiger partial charge >= 0.3 is 0 Å². The molecule has 2 N–H and O–H groups in total. The van der Waals surface area contributed by atoms with Crippen LogP contribution in [-0.2, 0) is 4.79 Å². The van der Waals surface area contributed by atoms with Crippen molar-refractivity contribution < 1.29 is 14.3 Å². The number of aromatic nitrogens is 2. The Morgan fingerprint density at radius 1 is 1.10 bits per heavy atom. The zero-order valence-corrected chi connectivity index (χ0v) is 18.7. The number of hydrogen-bond donors (Lipinski definition) is 1. The predicted molar refractivity (Wildman–Crippen MR) is 122 cm³/mol. The summed E-state index contributed by atoms with van der Waals surface area (Å²) in [7, 11) is 3.26. The summed E-state index contributed by atoms with van der Waals surface area (Å²) in [5.74, 6) is 1.62. The molecule has 0 fully saturated rings. The lowest BCUT2D eigenvalue weighted by Gasteiger charge is -2.22. The van der Waals surface area contributed by atoms with Gasteiger partial charge in [0.15, 0.2) is 4.34 Å². The Bertz CT molecular complexity index is 1080. The largest absolute Gasteiger partial charge is 0.497 e. The van der Waals surface area contributed by atoms with Crippen LogP contribution in [-0.4, -0.2) is 46.8 Å². The molecule has 0 spiro atoms. The van der Waals surface area contributed by atoms with E-state index in [4.69, 9.17) is 15.2 Å². The molecule has 1 unspecified atom stereocenters. The normalized spacial score (nSPS) is 15.6. The second-order valence-corrected chi connectivity index (χ2v) is 8.93. The topological polar surface area (TPSA) is 103 Å². The lowest BCUT2D eigenvalue weighted by atomic mass is 9.98. The van der Waals surface area contributed by atoms with Gasteiger partial charge in [0.25, 0.3) is 5.91 Å². The predicted octanol–water partition coefficient (Wildman–Crippen LogP) is 3.61. The van der Waals surface area contributed by atoms with Crippen LogP contribution in [0.5, 0.6) is 11.5 Å². The first-order valence-corrected chi connectivity index (χ1v) is 11.3. The summed E-state index contributed by atoms with van der Waals surface area (Å²) in [6.45, 7) is 0. The van der Waals surface area contributed by atoms with Crippen molar-refractivity contribution in [3.8, 4) is 11.5 Å². The molecule has 1 atom stereocenters. The van der Waals surface area contributed by atoms with Crippen LogP contribution >= 0.6 is 23.1 Å². The van der Waals surface area contributed by atoms with E-state index in [2.05, 4.69) is 15.3 Å². The van der Waals surface area contributed by atoms with Crippen LogP contribution in [0.15, 0.2) is 58.0 Å². The highest BCUT2D eigenvalue weighted by Crippen LogP contribution is 2.35. The first-order chi connectivity index (χ1) is 15.1. The molecule has 1 amide bonds. The Morgan fingerprint density at radius 3 is 2.32 bits per heavy atom. The average molecular weight is 456 g/mol. The van der Waals surface area contributed by atoms with Crippen molar-refractivity contribution in [1.82, 2.24) is 15.2 Å². The van der Waals surface area contributed by atoms with Crippen LogP contribution in [0.4, 0.5) is 5.13 Å². The number of nitrogens with two attached hydrogens (primary N) is 1. The molecule has 160 valence electrons. The van der Waals surface area contributed by atoms with E-state index in [9.17, 15) is 4.79 Å². The molecule has 3 aromatic rings. The van der Waals surface area contributed by atoms with Crippen molar-refractivity contribution >= 4 is 39.8 Å². The maximum Gasteiger partial charge on any atom is 0.253 e. The Balaban J connectivity index is 1.58. The fourth-order valence-corrected chi connectivity index (χ4v) is 4.74. The smallest absolute Gasteiger partial charge is 0.253 e. The molecule has 1 aliphatic heterocycles. The summed E-state index contributed by atoms with van der Waals surface area (Å²) in [6.07, 6.45) is 0.612. The lowest BCUT2D eigenvalue weighted by molar-refractivity contribution is -0.130. The zero-order chi connectivity index (χ0) is 21.8. The van der Waals surface area contributed by atoms with Crippen LogP contribution < -0.4 is 15.2 Å². The Labute approximate surface area is 188 Å². The quantitative estimate of drug-likeness (QED) is 0.543. The summed E-state index contributed by atoms with van der Waals surface area (Å²) in [5.41, 5.74) is 8.43. The van der Waals surface area contributed by atoms with Crippen molar-refractivity contribution in [3.05, 3.63) is 59.7 Å². The molecule has 0 bridgehead atoms. The number of anilines is 1. The third-order valence-electron chi connectivity index (χ3n) is 4.83. The Morgan fingerprint density at radius 2 is 1.74 bits per heavy atom. The Hall–Kier alpha value is -3.11. The number of amides is 1. The van der Waals surface area contributed by atoms with Crippen molar-refractivity contribution in [3.63, 3.8) is 0 Å². The molecule has 0 saturated carbocycles. The average Bonchev–Trinajstić information content (AvgIpc) is 3.44. The molecule has 31 heavy (non-hydrogen) atoms. The zero-order valence-electron chi connectivity index (χ0n) is 17.0. The lowest BCUT2D eigenvalue weighted by Crippen LogP contribution is -2.28. The number of benzene rings is 2. The van der Waals surface area contributed by atoms with E-state index in [-0.39, 0.29) is 17.7 Å². The van der Waals surface area contributed by atoms with E-state index < -0.39 is 0 Å². The van der Waals surface area contributed by atoms with Crippen LogP contribution in [0.25, 0.3) is 0 Å². The molecule has 4 rings (SSSR count). The van der Waals surface area contributed by atoms with Crippen molar-refractivity contribution in [2.45, 2.75) is 16.8 Å². The number of carbonyl (C=O) groups is 1. The van der Waals surface area contributed by atoms with Gasteiger partial charge in [0.05, 0.1) is 31.7 Å². The number of rotatable bonds is 7. The van der Waals surface area contributed by atoms with E-state index in [0.29, 0.717) is 15.9 Å². The fraction of sp³-hybridized carbons (Fsp3) is 0.238. The van der Waals surface area contributed by atoms with Gasteiger partial charge in [-0.1, -0.05) is 35.2 Å². The third kappa shape index (κ3) is 4.80. The van der Waals surface area contributed by atoms with Gasteiger partial charge in [-0.25, -0.2) is 5.01 Å². The van der Waals surface area contributed by atoms with E-state index in [1.165, 1.54) is 23.1 Å². The molecule has 1 aromatic heterocycles. The second-order valence-electron chi connectivity index (χ2n) is 6.70. The summed E-state index contributed by atoms with van der Waals surface area (Å²) in [4.78, 5) is 13.1. The number of methoxy groups -OCH3 is 2. The van der Waals surface area contributed by atoms with Crippen LogP contribution in [0.3, 0.4) is 0 Å². The van der Waals surface area contributed by atoms with Crippen molar-refractivity contribution in [2.75, 3.05) is 25.7 Å². The van der Waals surface area contributed by atoms with Gasteiger partial charge < -0.3 is 15.2 Å². The highest BCUT2D eigenvalue weighted by atomic mass is 32.2. The van der Waals surface area contributed by atoms with E-state index in [0.717, 1.165) is 28.3 Å². The number of ether oxygens (including phenoxy) is 2. The summed E-state index contributed by atoms with van der Waals surface area (Å²) >= 11 is 2.57. The molecular formula is C21H21N5O3S2. The first kappa shape index (κ1) is 21.1. The van der Waals surface area contributed by atoms with E-state index in [1.54, 1.807) is 19.2 Å². The maximum atomic E-state index is 13.1. The number of thioether (sulfide) groups is 1. The van der Waals surface area contributed by atoms with Gasteiger partial charge in [0, 0.05) is 6.42 Å². The third-order valence-corrected chi connectivity index (χ3v) is 6.70. The molecule has 10 heteroatoms. The number of hydrazone groups is 1. The van der Waals surface area contributed by atoms with E-state index in [1.807, 2.05) is 48.5 Å². The van der Waals surface area contributed by atoms with Crippen LogP contribution in [0, 0.1) is 0 Å². The monoisotopic (exact) mass is 455 g/mol. The maximum absolute atomic E-state index is 13.1. The van der Waals surface area contributed by atoms with Gasteiger partial charge in [-0.2, -0.15) is 5.10 Å². The highest BCUT2D eigenvalue weighted by molar-refractivity contribution is 8.01. The summed E-state index contributed by atoms with van der Waals surface area (Å²) in [6, 6.07) is 15.2. The molecule has 2 aromatic carbocycles.